The summed E-state index contributed by atoms with van der Waals surface area (Å²) in [5.41, 5.74) is 2.23. The molecule has 0 unspecified atom stereocenters. The van der Waals surface area contributed by atoms with Crippen molar-refractivity contribution in [2.24, 2.45) is 7.05 Å². The molecule has 0 saturated heterocycles. The Balaban J connectivity index is 1.56. The van der Waals surface area contributed by atoms with E-state index in [4.69, 9.17) is 4.74 Å². The van der Waals surface area contributed by atoms with Crippen LogP contribution in [0.5, 0.6) is 6.01 Å². The number of hydrogen-bond donors (Lipinski definition) is 1. The molecule has 0 spiro atoms. The van der Waals surface area contributed by atoms with Crippen LogP contribution < -0.4 is 10.1 Å². The highest BCUT2D eigenvalue weighted by Gasteiger charge is 2.20. The molecule has 0 aliphatic carbocycles. The molecule has 3 aromatic heterocycles. The molecule has 0 fully saturated rings. The highest BCUT2D eigenvalue weighted by atomic mass is 79.9. The molecule has 1 aromatic carbocycles. The van der Waals surface area contributed by atoms with E-state index in [-0.39, 0.29) is 12.5 Å². The van der Waals surface area contributed by atoms with Gasteiger partial charge in [-0.3, -0.25) is 4.79 Å². The highest BCUT2D eigenvalue weighted by Crippen LogP contribution is 2.30. The Bertz CT molecular complexity index is 1180. The van der Waals surface area contributed by atoms with Crippen molar-refractivity contribution in [1.82, 2.24) is 34.7 Å². The van der Waals surface area contributed by atoms with E-state index in [0.717, 1.165) is 28.3 Å². The van der Waals surface area contributed by atoms with E-state index < -0.39 is 0 Å². The number of tetrazole rings is 1. The maximum Gasteiger partial charge on any atom is 0.305 e. The fraction of sp³-hybridized carbons (Fsp3) is 0.333. The van der Waals surface area contributed by atoms with Crippen LogP contribution in [0.25, 0.3) is 17.0 Å². The molecule has 0 saturated carbocycles. The Labute approximate surface area is 184 Å². The summed E-state index contributed by atoms with van der Waals surface area (Å²) in [6.45, 7) is 2.24. The van der Waals surface area contributed by atoms with Crippen molar-refractivity contribution in [3.63, 3.8) is 0 Å². The first-order valence-electron chi connectivity index (χ1n) is 9.33. The van der Waals surface area contributed by atoms with Crippen molar-refractivity contribution in [2.45, 2.75) is 32.8 Å². The molecular formula is C18H19BrN8O2S. The number of aromatic nitrogens is 7. The summed E-state index contributed by atoms with van der Waals surface area (Å²) in [5.74, 6) is 0.452. The minimum Gasteiger partial charge on any atom is -0.458 e. The van der Waals surface area contributed by atoms with Gasteiger partial charge in [0.15, 0.2) is 5.13 Å². The van der Waals surface area contributed by atoms with Crippen LogP contribution in [-0.2, 0) is 18.4 Å². The number of para-hydroxylation sites is 1. The lowest BCUT2D eigenvalue weighted by Crippen LogP contribution is -2.11. The van der Waals surface area contributed by atoms with Gasteiger partial charge in [0, 0.05) is 23.3 Å². The average molecular weight is 491 g/mol. The lowest BCUT2D eigenvalue weighted by Gasteiger charge is -2.07. The van der Waals surface area contributed by atoms with Crippen molar-refractivity contribution in [3.05, 3.63) is 33.7 Å². The number of aryl methyl sites for hydroxylation is 1. The molecule has 12 heteroatoms. The van der Waals surface area contributed by atoms with Gasteiger partial charge in [0.05, 0.1) is 11.2 Å². The van der Waals surface area contributed by atoms with Crippen molar-refractivity contribution >= 4 is 49.3 Å². The summed E-state index contributed by atoms with van der Waals surface area (Å²) in [4.78, 5) is 20.9. The largest absolute Gasteiger partial charge is 0.458 e. The smallest absolute Gasteiger partial charge is 0.305 e. The van der Waals surface area contributed by atoms with Crippen LogP contribution in [-0.4, -0.2) is 40.6 Å². The van der Waals surface area contributed by atoms with Crippen LogP contribution in [0.1, 0.15) is 31.9 Å². The van der Waals surface area contributed by atoms with E-state index in [9.17, 15) is 4.79 Å². The summed E-state index contributed by atoms with van der Waals surface area (Å²) in [6.07, 6.45) is 2.32. The zero-order valence-corrected chi connectivity index (χ0v) is 18.8. The minimum absolute atomic E-state index is 0.0277. The Morgan fingerprint density at radius 2 is 2.20 bits per heavy atom. The fourth-order valence-corrected chi connectivity index (χ4v) is 3.99. The van der Waals surface area contributed by atoms with Gasteiger partial charge in [0.1, 0.15) is 12.1 Å². The van der Waals surface area contributed by atoms with Gasteiger partial charge in [0.2, 0.25) is 5.91 Å². The van der Waals surface area contributed by atoms with Crippen molar-refractivity contribution in [1.29, 1.82) is 0 Å². The average Bonchev–Trinajstić information content (AvgIpc) is 3.43. The lowest BCUT2D eigenvalue weighted by atomic mass is 10.2. The van der Waals surface area contributed by atoms with E-state index >= 15 is 0 Å². The van der Waals surface area contributed by atoms with Crippen molar-refractivity contribution in [3.8, 4) is 12.0 Å². The zero-order valence-electron chi connectivity index (χ0n) is 16.4. The van der Waals surface area contributed by atoms with Crippen LogP contribution in [0.3, 0.4) is 0 Å². The number of hydrogen-bond acceptors (Lipinski definition) is 8. The van der Waals surface area contributed by atoms with Crippen molar-refractivity contribution in [2.75, 3.05) is 5.32 Å². The molecule has 0 atom stereocenters. The van der Waals surface area contributed by atoms with Crippen LogP contribution in [0.15, 0.2) is 28.1 Å². The van der Waals surface area contributed by atoms with E-state index in [2.05, 4.69) is 53.7 Å². The quantitative estimate of drug-likeness (QED) is 0.402. The zero-order chi connectivity index (χ0) is 21.1. The molecular weight excluding hydrogens is 472 g/mol. The number of carbonyl (C=O) groups is 1. The molecule has 1 N–H and O–H groups in total. The second-order valence-electron chi connectivity index (χ2n) is 6.52. The van der Waals surface area contributed by atoms with Gasteiger partial charge in [-0.1, -0.05) is 24.5 Å². The summed E-state index contributed by atoms with van der Waals surface area (Å²) >= 11 is 4.89. The fourth-order valence-electron chi connectivity index (χ4n) is 2.84. The molecule has 4 rings (SSSR count). The number of ether oxygens (including phenoxy) is 1. The second-order valence-corrected chi connectivity index (χ2v) is 8.24. The van der Waals surface area contributed by atoms with Crippen LogP contribution in [0.4, 0.5) is 5.13 Å². The van der Waals surface area contributed by atoms with Gasteiger partial charge >= 0.3 is 6.01 Å². The molecule has 0 aliphatic rings. The normalized spacial score (nSPS) is 11.2. The van der Waals surface area contributed by atoms with E-state index in [0.29, 0.717) is 29.2 Å². The molecule has 0 radical (unpaired) electrons. The number of benzene rings is 1. The number of nitrogens with one attached hydrogen (secondary N) is 1. The van der Waals surface area contributed by atoms with Crippen LogP contribution >= 0.6 is 27.3 Å². The summed E-state index contributed by atoms with van der Waals surface area (Å²) in [5, 5.41) is 16.9. The topological polar surface area (TPSA) is 113 Å². The van der Waals surface area contributed by atoms with Gasteiger partial charge in [0.25, 0.3) is 5.95 Å². The predicted octanol–water partition coefficient (Wildman–Crippen LogP) is 3.48. The Morgan fingerprint density at radius 1 is 1.33 bits per heavy atom. The first-order chi connectivity index (χ1) is 14.6. The van der Waals surface area contributed by atoms with E-state index in [1.807, 2.05) is 23.6 Å². The monoisotopic (exact) mass is 490 g/mol. The SMILES string of the molecule is CCCCC(=O)Nc1nc(COc2nc3c(Br)cccc3n2-c2nnnn2C)cs1. The molecule has 3 heterocycles. The standard InChI is InChI=1S/C18H19BrN8O2S/c1-3-4-8-14(28)21-16-20-11(10-30-16)9-29-18-22-15-12(19)6-5-7-13(15)27(18)17-23-24-25-26(17)2/h5-7,10H,3-4,8-9H2,1-2H3,(H,20,21,28). The predicted molar refractivity (Wildman–Crippen MR) is 116 cm³/mol. The van der Waals surface area contributed by atoms with Gasteiger partial charge in [-0.05, 0) is 44.9 Å². The molecule has 10 nitrogen and oxygen atoms in total. The highest BCUT2D eigenvalue weighted by molar-refractivity contribution is 9.10. The third-order valence-corrected chi connectivity index (χ3v) is 5.75. The molecule has 30 heavy (non-hydrogen) atoms. The summed E-state index contributed by atoms with van der Waals surface area (Å²) in [6, 6.07) is 6.08. The third-order valence-electron chi connectivity index (χ3n) is 4.31. The third kappa shape index (κ3) is 4.19. The molecule has 0 bridgehead atoms. The first kappa shape index (κ1) is 20.4. The number of imidazole rings is 1. The summed E-state index contributed by atoms with van der Waals surface area (Å²) in [7, 11) is 1.75. The van der Waals surface area contributed by atoms with Gasteiger partial charge < -0.3 is 10.1 Å². The number of carbonyl (C=O) groups excluding carboxylic acids is 1. The number of rotatable bonds is 8. The Kier molecular flexibility index (Phi) is 6.04. The van der Waals surface area contributed by atoms with E-state index in [1.165, 1.54) is 11.3 Å². The number of fused-ring (bicyclic) bond motifs is 1. The Hall–Kier alpha value is -2.86. The minimum atomic E-state index is -0.0277. The lowest BCUT2D eigenvalue weighted by molar-refractivity contribution is -0.116. The number of halogens is 1. The summed E-state index contributed by atoms with van der Waals surface area (Å²) < 4.78 is 10.1. The van der Waals surface area contributed by atoms with Gasteiger partial charge in [-0.15, -0.1) is 11.3 Å². The first-order valence-corrected chi connectivity index (χ1v) is 11.0. The van der Waals surface area contributed by atoms with Crippen molar-refractivity contribution < 1.29 is 9.53 Å². The Morgan fingerprint density at radius 3 is 2.97 bits per heavy atom. The number of nitrogens with zero attached hydrogens (tertiary/aromatic N) is 7. The van der Waals surface area contributed by atoms with E-state index in [1.54, 1.807) is 16.3 Å². The molecule has 1 amide bonds. The molecule has 0 aliphatic heterocycles. The number of thiazole rings is 1. The number of anilines is 1. The van der Waals surface area contributed by atoms with Crippen LogP contribution in [0, 0.1) is 0 Å². The maximum absolute atomic E-state index is 11.9. The van der Waals surface area contributed by atoms with Gasteiger partial charge in [-0.2, -0.15) is 4.98 Å². The second kappa shape index (κ2) is 8.88. The molecule has 4 aromatic rings. The van der Waals surface area contributed by atoms with Gasteiger partial charge in [-0.25, -0.2) is 14.2 Å². The van der Waals surface area contributed by atoms with Crippen LogP contribution in [0.2, 0.25) is 0 Å². The maximum atomic E-state index is 11.9. The number of amides is 1. The number of unbranched alkanes of at least 4 members (excludes halogenated alkanes) is 1. The molecule has 156 valence electrons.